The summed E-state index contributed by atoms with van der Waals surface area (Å²) in [6.45, 7) is 1.74. The summed E-state index contributed by atoms with van der Waals surface area (Å²) in [6, 6.07) is 6.97. The number of amides is 1. The Hall–Kier alpha value is -1.53. The molecule has 20 heavy (non-hydrogen) atoms. The Balaban J connectivity index is 2.32. The first-order chi connectivity index (χ1) is 9.52. The molecule has 0 unspecified atom stereocenters. The fraction of sp³-hybridized carbons (Fsp3) is 0.429. The van der Waals surface area contributed by atoms with Crippen molar-refractivity contribution in [3.8, 4) is 0 Å². The average Bonchev–Trinajstić information content (AvgIpc) is 2.40. The number of aliphatic hydroxyl groups excluding tert-OH is 1. The predicted octanol–water partition coefficient (Wildman–Crippen LogP) is 1.43. The van der Waals surface area contributed by atoms with E-state index in [4.69, 9.17) is 10.2 Å². The molecule has 0 aliphatic rings. The second kappa shape index (κ2) is 8.60. The number of hydrogen-bond donors (Lipinski definition) is 3. The number of carboxylic acids is 1. The summed E-state index contributed by atoms with van der Waals surface area (Å²) in [5.74, 6) is -0.857. The minimum atomic E-state index is -1.13. The van der Waals surface area contributed by atoms with Crippen LogP contribution in [-0.4, -0.2) is 40.5 Å². The molecule has 0 spiro atoms. The van der Waals surface area contributed by atoms with E-state index in [1.54, 1.807) is 11.8 Å². The van der Waals surface area contributed by atoms with E-state index in [0.29, 0.717) is 5.75 Å². The van der Waals surface area contributed by atoms with Gasteiger partial charge in [0.25, 0.3) is 0 Å². The SMILES string of the molecule is Cc1ccc(SCCC(=O)N[C@@H](CCO)C(=O)O)cc1. The molecule has 1 atom stereocenters. The van der Waals surface area contributed by atoms with Crippen molar-refractivity contribution in [3.63, 3.8) is 0 Å². The van der Waals surface area contributed by atoms with E-state index in [-0.39, 0.29) is 25.4 Å². The number of aliphatic hydroxyl groups is 1. The highest BCUT2D eigenvalue weighted by atomic mass is 32.2. The lowest BCUT2D eigenvalue weighted by Gasteiger charge is -2.12. The molecule has 6 heteroatoms. The third-order valence-corrected chi connectivity index (χ3v) is 3.68. The molecule has 0 saturated carbocycles. The Kier molecular flexibility index (Phi) is 7.11. The predicted molar refractivity (Wildman–Crippen MR) is 77.8 cm³/mol. The fourth-order valence-electron chi connectivity index (χ4n) is 1.55. The second-order valence-electron chi connectivity index (χ2n) is 4.38. The monoisotopic (exact) mass is 297 g/mol. The molecule has 0 aliphatic carbocycles. The topological polar surface area (TPSA) is 86.6 Å². The fourth-order valence-corrected chi connectivity index (χ4v) is 2.40. The standard InChI is InChI=1S/C14H19NO4S/c1-10-2-4-11(5-3-10)20-9-7-13(17)15-12(6-8-16)14(18)19/h2-5,12,16H,6-9H2,1H3,(H,15,17)(H,18,19)/t12-/m0/s1. The molecule has 3 N–H and O–H groups in total. The van der Waals surface area contributed by atoms with Gasteiger partial charge in [0.05, 0.1) is 0 Å². The number of thioether (sulfide) groups is 1. The third-order valence-electron chi connectivity index (χ3n) is 2.67. The lowest BCUT2D eigenvalue weighted by molar-refractivity contribution is -0.142. The van der Waals surface area contributed by atoms with Gasteiger partial charge in [0.2, 0.25) is 5.91 Å². The van der Waals surface area contributed by atoms with Crippen molar-refractivity contribution in [2.75, 3.05) is 12.4 Å². The van der Waals surface area contributed by atoms with E-state index in [2.05, 4.69) is 5.32 Å². The number of rotatable bonds is 8. The summed E-state index contributed by atoms with van der Waals surface area (Å²) in [5, 5.41) is 20.0. The second-order valence-corrected chi connectivity index (χ2v) is 5.55. The molecule has 0 saturated heterocycles. The van der Waals surface area contributed by atoms with Gasteiger partial charge in [-0.2, -0.15) is 0 Å². The largest absolute Gasteiger partial charge is 0.480 e. The summed E-state index contributed by atoms with van der Waals surface area (Å²) in [4.78, 5) is 23.5. The first-order valence-corrected chi connectivity index (χ1v) is 7.34. The zero-order valence-corrected chi connectivity index (χ0v) is 12.2. The quantitative estimate of drug-likeness (QED) is 0.632. The van der Waals surface area contributed by atoms with Crippen molar-refractivity contribution in [2.45, 2.75) is 30.7 Å². The van der Waals surface area contributed by atoms with E-state index < -0.39 is 12.0 Å². The van der Waals surface area contributed by atoms with Crippen LogP contribution in [0.5, 0.6) is 0 Å². The van der Waals surface area contributed by atoms with Crippen LogP contribution in [0.25, 0.3) is 0 Å². The van der Waals surface area contributed by atoms with Crippen molar-refractivity contribution in [1.29, 1.82) is 0 Å². The summed E-state index contributed by atoms with van der Waals surface area (Å²) in [7, 11) is 0. The Bertz CT molecular complexity index is 447. The van der Waals surface area contributed by atoms with E-state index in [9.17, 15) is 9.59 Å². The molecule has 0 radical (unpaired) electrons. The first kappa shape index (κ1) is 16.5. The number of carboxylic acid groups (broad SMARTS) is 1. The molecule has 0 aromatic heterocycles. The highest BCUT2D eigenvalue weighted by Crippen LogP contribution is 2.18. The minimum Gasteiger partial charge on any atom is -0.480 e. The molecule has 0 heterocycles. The summed E-state index contributed by atoms with van der Waals surface area (Å²) >= 11 is 1.55. The highest BCUT2D eigenvalue weighted by molar-refractivity contribution is 7.99. The molecule has 0 fully saturated rings. The van der Waals surface area contributed by atoms with Crippen molar-refractivity contribution < 1.29 is 19.8 Å². The number of benzene rings is 1. The summed E-state index contributed by atoms with van der Waals surface area (Å²) < 4.78 is 0. The number of nitrogens with one attached hydrogen (secondary N) is 1. The van der Waals surface area contributed by atoms with Crippen LogP contribution in [0.2, 0.25) is 0 Å². The minimum absolute atomic E-state index is 0.0200. The van der Waals surface area contributed by atoms with E-state index in [0.717, 1.165) is 4.90 Å². The van der Waals surface area contributed by atoms with Crippen molar-refractivity contribution in [3.05, 3.63) is 29.8 Å². The Labute approximate surface area is 122 Å². The Morgan fingerprint density at radius 1 is 1.30 bits per heavy atom. The molecular weight excluding hydrogens is 278 g/mol. The molecule has 1 amide bonds. The smallest absolute Gasteiger partial charge is 0.326 e. The Morgan fingerprint density at radius 3 is 2.50 bits per heavy atom. The summed E-state index contributed by atoms with van der Waals surface area (Å²) in [5.41, 5.74) is 1.18. The van der Waals surface area contributed by atoms with Gasteiger partial charge >= 0.3 is 5.97 Å². The molecular formula is C14H19NO4S. The lowest BCUT2D eigenvalue weighted by Crippen LogP contribution is -2.41. The molecule has 1 rings (SSSR count). The van der Waals surface area contributed by atoms with Crippen molar-refractivity contribution in [1.82, 2.24) is 5.32 Å². The van der Waals surface area contributed by atoms with E-state index in [1.807, 2.05) is 31.2 Å². The molecule has 5 nitrogen and oxygen atoms in total. The highest BCUT2D eigenvalue weighted by Gasteiger charge is 2.18. The van der Waals surface area contributed by atoms with Crippen LogP contribution in [0.1, 0.15) is 18.4 Å². The molecule has 1 aromatic carbocycles. The van der Waals surface area contributed by atoms with Crippen LogP contribution < -0.4 is 5.32 Å². The maximum absolute atomic E-state index is 11.6. The average molecular weight is 297 g/mol. The van der Waals surface area contributed by atoms with Crippen LogP contribution in [-0.2, 0) is 9.59 Å². The normalized spacial score (nSPS) is 11.9. The maximum Gasteiger partial charge on any atom is 0.326 e. The van der Waals surface area contributed by atoms with Gasteiger partial charge in [-0.25, -0.2) is 4.79 Å². The van der Waals surface area contributed by atoms with Crippen LogP contribution in [0.3, 0.4) is 0 Å². The van der Waals surface area contributed by atoms with Crippen molar-refractivity contribution in [2.24, 2.45) is 0 Å². The van der Waals surface area contributed by atoms with Gasteiger partial charge < -0.3 is 15.5 Å². The zero-order chi connectivity index (χ0) is 15.0. The first-order valence-electron chi connectivity index (χ1n) is 6.35. The maximum atomic E-state index is 11.6. The van der Waals surface area contributed by atoms with Crippen LogP contribution >= 0.6 is 11.8 Å². The lowest BCUT2D eigenvalue weighted by atomic mass is 10.2. The number of carbonyl (C=O) groups excluding carboxylic acids is 1. The number of aliphatic carboxylic acids is 1. The summed E-state index contributed by atoms with van der Waals surface area (Å²) in [6.07, 6.45) is 0.264. The van der Waals surface area contributed by atoms with Crippen molar-refractivity contribution >= 4 is 23.6 Å². The molecule has 0 aliphatic heterocycles. The van der Waals surface area contributed by atoms with Crippen LogP contribution in [0, 0.1) is 6.92 Å². The van der Waals surface area contributed by atoms with Gasteiger partial charge in [0, 0.05) is 30.1 Å². The van der Waals surface area contributed by atoms with Gasteiger partial charge in [-0.15, -0.1) is 11.8 Å². The van der Waals surface area contributed by atoms with E-state index in [1.165, 1.54) is 5.56 Å². The zero-order valence-electron chi connectivity index (χ0n) is 11.3. The number of aryl methyl sites for hydroxylation is 1. The number of carbonyl (C=O) groups is 2. The Morgan fingerprint density at radius 2 is 1.95 bits per heavy atom. The van der Waals surface area contributed by atoms with E-state index >= 15 is 0 Å². The van der Waals surface area contributed by atoms with Gasteiger partial charge in [0.15, 0.2) is 0 Å². The molecule has 1 aromatic rings. The molecule has 110 valence electrons. The molecule has 0 bridgehead atoms. The van der Waals surface area contributed by atoms with Gasteiger partial charge in [-0.1, -0.05) is 17.7 Å². The van der Waals surface area contributed by atoms with Crippen LogP contribution in [0.4, 0.5) is 0 Å². The number of hydrogen-bond acceptors (Lipinski definition) is 4. The van der Waals surface area contributed by atoms with Gasteiger partial charge in [-0.05, 0) is 19.1 Å². The third kappa shape index (κ3) is 6.08. The van der Waals surface area contributed by atoms with Gasteiger partial charge in [-0.3, -0.25) is 4.79 Å². The van der Waals surface area contributed by atoms with Crippen LogP contribution in [0.15, 0.2) is 29.2 Å². The van der Waals surface area contributed by atoms with Gasteiger partial charge in [0.1, 0.15) is 6.04 Å².